The van der Waals surface area contributed by atoms with Gasteiger partial charge in [0.1, 0.15) is 0 Å². The van der Waals surface area contributed by atoms with E-state index in [9.17, 15) is 4.79 Å². The van der Waals surface area contributed by atoms with Crippen molar-refractivity contribution in [2.45, 2.75) is 6.42 Å². The minimum Gasteiger partial charge on any atom is -0.384 e. The van der Waals surface area contributed by atoms with E-state index in [1.807, 2.05) is 36.4 Å². The van der Waals surface area contributed by atoms with E-state index < -0.39 is 0 Å². The van der Waals surface area contributed by atoms with Crippen LogP contribution in [0.4, 0.5) is 5.69 Å². The summed E-state index contributed by atoms with van der Waals surface area (Å²) in [5.41, 5.74) is 2.53. The maximum atomic E-state index is 12.2. The maximum absolute atomic E-state index is 12.2. The van der Waals surface area contributed by atoms with E-state index in [1.165, 1.54) is 0 Å². The molecule has 0 radical (unpaired) electrons. The molecule has 0 bridgehead atoms. The SMILES string of the molecule is COCCc1ccccc1NC(=O)c1ccc(Br)cc1. The molecule has 3 nitrogen and oxygen atoms in total. The molecule has 0 unspecified atom stereocenters. The largest absolute Gasteiger partial charge is 0.384 e. The van der Waals surface area contributed by atoms with E-state index in [0.29, 0.717) is 12.2 Å². The van der Waals surface area contributed by atoms with Crippen molar-refractivity contribution in [1.82, 2.24) is 0 Å². The normalized spacial score (nSPS) is 10.3. The van der Waals surface area contributed by atoms with Crippen LogP contribution in [0.25, 0.3) is 0 Å². The Labute approximate surface area is 127 Å². The third-order valence-electron chi connectivity index (χ3n) is 2.95. The predicted octanol–water partition coefficient (Wildman–Crippen LogP) is 3.89. The number of nitrogens with one attached hydrogen (secondary N) is 1. The highest BCUT2D eigenvalue weighted by Gasteiger charge is 2.08. The number of hydrogen-bond acceptors (Lipinski definition) is 2. The molecule has 2 aromatic rings. The smallest absolute Gasteiger partial charge is 0.255 e. The topological polar surface area (TPSA) is 38.3 Å². The molecule has 0 saturated heterocycles. The Bertz CT molecular complexity index is 581. The predicted molar refractivity (Wildman–Crippen MR) is 84.1 cm³/mol. The number of rotatable bonds is 5. The molecule has 0 atom stereocenters. The fourth-order valence-corrected chi connectivity index (χ4v) is 2.13. The van der Waals surface area contributed by atoms with Crippen LogP contribution in [-0.2, 0) is 11.2 Å². The number of amides is 1. The number of ether oxygens (including phenoxy) is 1. The van der Waals surface area contributed by atoms with E-state index >= 15 is 0 Å². The van der Waals surface area contributed by atoms with Crippen LogP contribution >= 0.6 is 15.9 Å². The molecule has 104 valence electrons. The summed E-state index contributed by atoms with van der Waals surface area (Å²) < 4.78 is 6.04. The first-order chi connectivity index (χ1) is 9.70. The number of carbonyl (C=O) groups excluding carboxylic acids is 1. The van der Waals surface area contributed by atoms with E-state index in [2.05, 4.69) is 21.2 Å². The number of benzene rings is 2. The molecule has 1 amide bonds. The van der Waals surface area contributed by atoms with Crippen LogP contribution in [0.1, 0.15) is 15.9 Å². The molecule has 20 heavy (non-hydrogen) atoms. The lowest BCUT2D eigenvalue weighted by Crippen LogP contribution is -2.13. The zero-order valence-corrected chi connectivity index (χ0v) is 12.8. The third kappa shape index (κ3) is 3.92. The fraction of sp³-hybridized carbons (Fsp3) is 0.188. The minimum atomic E-state index is -0.109. The summed E-state index contributed by atoms with van der Waals surface area (Å²) in [6, 6.07) is 15.1. The zero-order valence-electron chi connectivity index (χ0n) is 11.2. The first kappa shape index (κ1) is 14.8. The summed E-state index contributed by atoms with van der Waals surface area (Å²) in [5, 5.41) is 2.95. The highest BCUT2D eigenvalue weighted by Crippen LogP contribution is 2.18. The molecule has 0 saturated carbocycles. The van der Waals surface area contributed by atoms with Crippen molar-refractivity contribution in [3.63, 3.8) is 0 Å². The molecule has 2 rings (SSSR count). The molecule has 1 N–H and O–H groups in total. The van der Waals surface area contributed by atoms with Crippen LogP contribution < -0.4 is 5.32 Å². The Balaban J connectivity index is 2.13. The molecule has 4 heteroatoms. The van der Waals surface area contributed by atoms with E-state index in [4.69, 9.17) is 4.74 Å². The molecular formula is C16H16BrNO2. The van der Waals surface area contributed by atoms with Gasteiger partial charge in [-0.3, -0.25) is 4.79 Å². The molecule has 0 spiro atoms. The van der Waals surface area contributed by atoms with Crippen molar-refractivity contribution in [2.24, 2.45) is 0 Å². The average molecular weight is 334 g/mol. The summed E-state index contributed by atoms with van der Waals surface area (Å²) in [4.78, 5) is 12.2. The molecule has 2 aromatic carbocycles. The number of para-hydroxylation sites is 1. The molecule has 0 heterocycles. The molecule has 0 aliphatic carbocycles. The number of anilines is 1. The van der Waals surface area contributed by atoms with Gasteiger partial charge < -0.3 is 10.1 Å². The standard InChI is InChI=1S/C16H16BrNO2/c1-20-11-10-12-4-2-3-5-15(12)18-16(19)13-6-8-14(17)9-7-13/h2-9H,10-11H2,1H3,(H,18,19). The van der Waals surface area contributed by atoms with Crippen molar-refractivity contribution >= 4 is 27.5 Å². The van der Waals surface area contributed by atoms with Gasteiger partial charge >= 0.3 is 0 Å². The van der Waals surface area contributed by atoms with Crippen LogP contribution in [0.3, 0.4) is 0 Å². The van der Waals surface area contributed by atoms with E-state index in [1.54, 1.807) is 19.2 Å². The fourth-order valence-electron chi connectivity index (χ4n) is 1.87. The van der Waals surface area contributed by atoms with Crippen molar-refractivity contribution in [2.75, 3.05) is 19.0 Å². The van der Waals surface area contributed by atoms with Gasteiger partial charge in [0.25, 0.3) is 5.91 Å². The molecule has 0 aliphatic rings. The van der Waals surface area contributed by atoms with Gasteiger partial charge in [-0.15, -0.1) is 0 Å². The van der Waals surface area contributed by atoms with E-state index in [0.717, 1.165) is 22.1 Å². The first-order valence-electron chi connectivity index (χ1n) is 6.34. The lowest BCUT2D eigenvalue weighted by molar-refractivity contribution is 0.102. The van der Waals surface area contributed by atoms with Gasteiger partial charge in [-0.25, -0.2) is 0 Å². The first-order valence-corrected chi connectivity index (χ1v) is 7.14. The monoisotopic (exact) mass is 333 g/mol. The van der Waals surface area contributed by atoms with Crippen LogP contribution in [-0.4, -0.2) is 19.6 Å². The molecule has 0 aromatic heterocycles. The number of hydrogen-bond donors (Lipinski definition) is 1. The minimum absolute atomic E-state index is 0.109. The van der Waals surface area contributed by atoms with Crippen molar-refractivity contribution in [1.29, 1.82) is 0 Å². The molecule has 0 fully saturated rings. The summed E-state index contributed by atoms with van der Waals surface area (Å²) in [6.07, 6.45) is 0.771. The maximum Gasteiger partial charge on any atom is 0.255 e. The Morgan fingerprint density at radius 1 is 1.15 bits per heavy atom. The summed E-state index contributed by atoms with van der Waals surface area (Å²) in [5.74, 6) is -0.109. The Kier molecular flexibility index (Phi) is 5.32. The zero-order chi connectivity index (χ0) is 14.4. The van der Waals surface area contributed by atoms with Gasteiger partial charge in [-0.2, -0.15) is 0 Å². The van der Waals surface area contributed by atoms with Crippen LogP contribution in [0.5, 0.6) is 0 Å². The Morgan fingerprint density at radius 3 is 2.55 bits per heavy atom. The van der Waals surface area contributed by atoms with Crippen molar-refractivity contribution < 1.29 is 9.53 Å². The van der Waals surface area contributed by atoms with Gasteiger partial charge in [0.05, 0.1) is 6.61 Å². The van der Waals surface area contributed by atoms with Crippen LogP contribution in [0.15, 0.2) is 53.0 Å². The quantitative estimate of drug-likeness (QED) is 0.901. The Morgan fingerprint density at radius 2 is 1.85 bits per heavy atom. The second-order valence-electron chi connectivity index (χ2n) is 4.36. The molecule has 0 aliphatic heterocycles. The number of carbonyl (C=O) groups is 1. The van der Waals surface area contributed by atoms with E-state index in [-0.39, 0.29) is 5.91 Å². The average Bonchev–Trinajstić information content (AvgIpc) is 2.47. The number of halogens is 1. The van der Waals surface area contributed by atoms with Gasteiger partial charge in [0, 0.05) is 22.8 Å². The van der Waals surface area contributed by atoms with Gasteiger partial charge in [0.2, 0.25) is 0 Å². The molecular weight excluding hydrogens is 318 g/mol. The van der Waals surface area contributed by atoms with Gasteiger partial charge in [0.15, 0.2) is 0 Å². The third-order valence-corrected chi connectivity index (χ3v) is 3.48. The van der Waals surface area contributed by atoms with Crippen molar-refractivity contribution in [3.05, 3.63) is 64.1 Å². The second kappa shape index (κ2) is 7.22. The Hall–Kier alpha value is -1.65. The lowest BCUT2D eigenvalue weighted by atomic mass is 10.1. The second-order valence-corrected chi connectivity index (χ2v) is 5.28. The van der Waals surface area contributed by atoms with Gasteiger partial charge in [-0.05, 0) is 42.3 Å². The van der Waals surface area contributed by atoms with Crippen LogP contribution in [0, 0.1) is 0 Å². The highest BCUT2D eigenvalue weighted by atomic mass is 79.9. The van der Waals surface area contributed by atoms with Gasteiger partial charge in [-0.1, -0.05) is 34.1 Å². The van der Waals surface area contributed by atoms with Crippen molar-refractivity contribution in [3.8, 4) is 0 Å². The van der Waals surface area contributed by atoms with Crippen LogP contribution in [0.2, 0.25) is 0 Å². The summed E-state index contributed by atoms with van der Waals surface area (Å²) >= 11 is 3.36. The summed E-state index contributed by atoms with van der Waals surface area (Å²) in [7, 11) is 1.67. The summed E-state index contributed by atoms with van der Waals surface area (Å²) in [6.45, 7) is 0.630. The highest BCUT2D eigenvalue weighted by molar-refractivity contribution is 9.10. The number of methoxy groups -OCH3 is 1. The lowest BCUT2D eigenvalue weighted by Gasteiger charge is -2.11.